The topological polar surface area (TPSA) is 86.8 Å². The Labute approximate surface area is 215 Å². The Morgan fingerprint density at radius 2 is 1.74 bits per heavy atom. The lowest BCUT2D eigenvalue weighted by molar-refractivity contribution is -0.141. The van der Waals surface area contributed by atoms with Crippen molar-refractivity contribution in [1.29, 1.82) is 0 Å². The predicted octanol–water partition coefficient (Wildman–Crippen LogP) is 4.47. The summed E-state index contributed by atoms with van der Waals surface area (Å²) in [6, 6.07) is 11.9. The van der Waals surface area contributed by atoms with E-state index in [-0.39, 0.29) is 37.7 Å². The quantitative estimate of drug-likeness (QED) is 0.457. The van der Waals surface area contributed by atoms with E-state index in [9.17, 15) is 22.4 Å². The van der Waals surface area contributed by atoms with Gasteiger partial charge in [0.15, 0.2) is 0 Å². The lowest BCUT2D eigenvalue weighted by Gasteiger charge is -2.32. The maximum absolute atomic E-state index is 13.3. The number of carbonyl (C=O) groups excluding carboxylic acids is 2. The highest BCUT2D eigenvalue weighted by Crippen LogP contribution is 2.20. The van der Waals surface area contributed by atoms with Crippen molar-refractivity contribution in [2.75, 3.05) is 17.1 Å². The molecule has 1 atom stereocenters. The van der Waals surface area contributed by atoms with Crippen LogP contribution in [0, 0.1) is 5.82 Å². The van der Waals surface area contributed by atoms with E-state index in [4.69, 9.17) is 0 Å². The van der Waals surface area contributed by atoms with E-state index in [0.717, 1.165) is 20.6 Å². The molecule has 0 aliphatic heterocycles. The average molecular weight is 571 g/mol. The summed E-state index contributed by atoms with van der Waals surface area (Å²) in [6.45, 7) is 7.56. The molecule has 0 aromatic heterocycles. The van der Waals surface area contributed by atoms with E-state index in [1.165, 1.54) is 29.2 Å². The fraction of sp³-hybridized carbons (Fsp3) is 0.440. The number of halogens is 2. The first kappa shape index (κ1) is 28.8. The summed E-state index contributed by atoms with van der Waals surface area (Å²) in [5, 5.41) is 2.91. The summed E-state index contributed by atoms with van der Waals surface area (Å²) in [5.74, 6) is -1.01. The zero-order chi connectivity index (χ0) is 26.4. The minimum Gasteiger partial charge on any atom is -0.350 e. The molecule has 0 saturated heterocycles. The molecule has 0 aliphatic rings. The maximum Gasteiger partial charge on any atom is 0.242 e. The van der Waals surface area contributed by atoms with Gasteiger partial charge in [-0.15, -0.1) is 0 Å². The van der Waals surface area contributed by atoms with Crippen LogP contribution in [0.1, 0.15) is 46.1 Å². The number of sulfonamides is 1. The van der Waals surface area contributed by atoms with Gasteiger partial charge in [-0.1, -0.05) is 28.1 Å². The van der Waals surface area contributed by atoms with Crippen molar-refractivity contribution in [1.82, 2.24) is 10.2 Å². The van der Waals surface area contributed by atoms with Crippen LogP contribution in [0.25, 0.3) is 0 Å². The molecule has 0 saturated carbocycles. The average Bonchev–Trinajstić information content (AvgIpc) is 2.73. The van der Waals surface area contributed by atoms with Crippen molar-refractivity contribution in [2.45, 2.75) is 58.7 Å². The molecule has 2 aromatic rings. The van der Waals surface area contributed by atoms with Crippen molar-refractivity contribution < 1.29 is 22.4 Å². The lowest BCUT2D eigenvalue weighted by Crippen LogP contribution is -2.52. The molecule has 0 spiro atoms. The summed E-state index contributed by atoms with van der Waals surface area (Å²) in [6.07, 6.45) is 1.33. The number of nitrogens with zero attached hydrogens (tertiary/aromatic N) is 2. The van der Waals surface area contributed by atoms with Gasteiger partial charge in [0.25, 0.3) is 0 Å². The van der Waals surface area contributed by atoms with E-state index in [0.29, 0.717) is 5.69 Å². The lowest BCUT2D eigenvalue weighted by atomic mass is 10.1. The van der Waals surface area contributed by atoms with Gasteiger partial charge in [0.2, 0.25) is 21.8 Å². The molecule has 0 radical (unpaired) electrons. The van der Waals surface area contributed by atoms with Gasteiger partial charge in [-0.05, 0) is 76.1 Å². The van der Waals surface area contributed by atoms with Crippen LogP contribution in [0.4, 0.5) is 10.1 Å². The van der Waals surface area contributed by atoms with Gasteiger partial charge in [0, 0.05) is 29.5 Å². The summed E-state index contributed by atoms with van der Waals surface area (Å²) >= 11 is 3.43. The molecule has 7 nitrogen and oxygen atoms in total. The fourth-order valence-corrected chi connectivity index (χ4v) is 4.91. The monoisotopic (exact) mass is 569 g/mol. The molecule has 2 aromatic carbocycles. The second kappa shape index (κ2) is 12.0. The van der Waals surface area contributed by atoms with Crippen LogP contribution in [-0.2, 0) is 26.2 Å². The zero-order valence-corrected chi connectivity index (χ0v) is 23.1. The molecule has 2 amide bonds. The van der Waals surface area contributed by atoms with Gasteiger partial charge in [0.05, 0.1) is 11.9 Å². The molecule has 1 N–H and O–H groups in total. The minimum absolute atomic E-state index is 0.0361. The first-order valence-electron chi connectivity index (χ1n) is 11.3. The van der Waals surface area contributed by atoms with Crippen LogP contribution < -0.4 is 9.62 Å². The summed E-state index contributed by atoms with van der Waals surface area (Å²) in [4.78, 5) is 27.6. The van der Waals surface area contributed by atoms with Gasteiger partial charge in [-0.3, -0.25) is 13.9 Å². The molecule has 35 heavy (non-hydrogen) atoms. The van der Waals surface area contributed by atoms with Crippen molar-refractivity contribution in [2.24, 2.45) is 0 Å². The Hall–Kier alpha value is -2.46. The fourth-order valence-electron chi connectivity index (χ4n) is 3.50. The molecule has 0 bridgehead atoms. The van der Waals surface area contributed by atoms with Crippen LogP contribution in [0.3, 0.4) is 0 Å². The van der Waals surface area contributed by atoms with E-state index in [1.54, 1.807) is 6.92 Å². The number of hydrogen-bond donors (Lipinski definition) is 1. The Morgan fingerprint density at radius 3 is 2.29 bits per heavy atom. The number of amides is 2. The summed E-state index contributed by atoms with van der Waals surface area (Å²) in [5.41, 5.74) is 0.721. The molecule has 0 heterocycles. The zero-order valence-electron chi connectivity index (χ0n) is 20.7. The van der Waals surface area contributed by atoms with Gasteiger partial charge in [0.1, 0.15) is 11.9 Å². The highest BCUT2D eigenvalue weighted by molar-refractivity contribution is 9.10. The Kier molecular flexibility index (Phi) is 9.85. The highest BCUT2D eigenvalue weighted by Gasteiger charge is 2.28. The number of benzene rings is 2. The standard InChI is InChI=1S/C25H33BrFN3O4S/c1-18(24(32)28-25(2,3)4)29(17-19-8-6-9-20(26)16-19)23(31)10-7-15-30(35(5,33)34)22-13-11-21(27)12-14-22/h6,8-9,11-14,16,18H,7,10,15,17H2,1-5H3,(H,28,32)/t18-/m1/s1. The van der Waals surface area contributed by atoms with E-state index < -0.39 is 27.4 Å². The van der Waals surface area contributed by atoms with Gasteiger partial charge < -0.3 is 10.2 Å². The van der Waals surface area contributed by atoms with Crippen molar-refractivity contribution in [3.63, 3.8) is 0 Å². The van der Waals surface area contributed by atoms with Crippen molar-refractivity contribution in [3.8, 4) is 0 Å². The van der Waals surface area contributed by atoms with Gasteiger partial charge >= 0.3 is 0 Å². The van der Waals surface area contributed by atoms with E-state index in [2.05, 4.69) is 21.2 Å². The number of nitrogens with one attached hydrogen (secondary N) is 1. The molecule has 192 valence electrons. The van der Waals surface area contributed by atoms with Crippen LogP contribution >= 0.6 is 15.9 Å². The smallest absolute Gasteiger partial charge is 0.242 e. The summed E-state index contributed by atoms with van der Waals surface area (Å²) < 4.78 is 39.9. The third-order valence-electron chi connectivity index (χ3n) is 5.17. The van der Waals surface area contributed by atoms with Crippen molar-refractivity contribution >= 4 is 43.5 Å². The Bertz CT molecular complexity index is 1130. The second-order valence-electron chi connectivity index (χ2n) is 9.48. The first-order chi connectivity index (χ1) is 16.2. The maximum atomic E-state index is 13.3. The first-order valence-corrected chi connectivity index (χ1v) is 13.9. The summed E-state index contributed by atoms with van der Waals surface area (Å²) in [7, 11) is -3.64. The number of anilines is 1. The van der Waals surface area contributed by atoms with E-state index >= 15 is 0 Å². The van der Waals surface area contributed by atoms with Crippen LogP contribution in [0.2, 0.25) is 0 Å². The SMILES string of the molecule is C[C@H](C(=O)NC(C)(C)C)N(Cc1cccc(Br)c1)C(=O)CCCN(c1ccc(F)cc1)S(C)(=O)=O. The molecule has 0 fully saturated rings. The normalized spacial score (nSPS) is 12.7. The number of hydrogen-bond acceptors (Lipinski definition) is 4. The Balaban J connectivity index is 2.18. The third kappa shape index (κ3) is 9.25. The van der Waals surface area contributed by atoms with Crippen LogP contribution in [-0.4, -0.2) is 49.5 Å². The second-order valence-corrected chi connectivity index (χ2v) is 12.3. The van der Waals surface area contributed by atoms with Gasteiger partial charge in [-0.2, -0.15) is 0 Å². The number of carbonyl (C=O) groups is 2. The van der Waals surface area contributed by atoms with Crippen LogP contribution in [0.15, 0.2) is 53.0 Å². The largest absolute Gasteiger partial charge is 0.350 e. The molecular formula is C25H33BrFN3O4S. The number of rotatable bonds is 10. The molecular weight excluding hydrogens is 537 g/mol. The highest BCUT2D eigenvalue weighted by atomic mass is 79.9. The molecule has 2 rings (SSSR count). The third-order valence-corrected chi connectivity index (χ3v) is 6.86. The van der Waals surface area contributed by atoms with Crippen LogP contribution in [0.5, 0.6) is 0 Å². The van der Waals surface area contributed by atoms with Gasteiger partial charge in [-0.25, -0.2) is 12.8 Å². The van der Waals surface area contributed by atoms with E-state index in [1.807, 2.05) is 45.0 Å². The molecule has 10 heteroatoms. The molecule has 0 unspecified atom stereocenters. The van der Waals surface area contributed by atoms with Crippen molar-refractivity contribution in [3.05, 3.63) is 64.4 Å². The minimum atomic E-state index is -3.64. The Morgan fingerprint density at radius 1 is 1.11 bits per heavy atom. The predicted molar refractivity (Wildman–Crippen MR) is 140 cm³/mol. The molecule has 0 aliphatic carbocycles.